The topological polar surface area (TPSA) is 50.8 Å². The average Bonchev–Trinajstić information content (AvgIpc) is 2.66. The number of halogens is 1. The second kappa shape index (κ2) is 8.81. The molecule has 1 aliphatic rings. The Morgan fingerprint density at radius 1 is 1.19 bits per heavy atom. The van der Waals surface area contributed by atoms with E-state index in [9.17, 15) is 4.79 Å². The number of ether oxygens (including phenoxy) is 2. The van der Waals surface area contributed by atoms with Gasteiger partial charge in [-0.25, -0.2) is 0 Å². The Morgan fingerprint density at radius 2 is 1.96 bits per heavy atom. The number of benzene rings is 2. The number of anilines is 1. The van der Waals surface area contributed by atoms with Gasteiger partial charge in [0.25, 0.3) is 0 Å². The Labute approximate surface area is 158 Å². The molecule has 0 atom stereocenters. The van der Waals surface area contributed by atoms with E-state index in [1.165, 1.54) is 5.69 Å². The van der Waals surface area contributed by atoms with Crippen molar-refractivity contribution in [1.82, 2.24) is 5.32 Å². The van der Waals surface area contributed by atoms with Crippen LogP contribution in [0.1, 0.15) is 12.0 Å². The minimum Gasteiger partial charge on any atom is -0.486 e. The van der Waals surface area contributed by atoms with Crippen LogP contribution in [0.15, 0.2) is 42.5 Å². The van der Waals surface area contributed by atoms with E-state index >= 15 is 0 Å². The van der Waals surface area contributed by atoms with Crippen LogP contribution < -0.4 is 19.7 Å². The van der Waals surface area contributed by atoms with E-state index in [2.05, 4.69) is 22.3 Å². The quantitative estimate of drug-likeness (QED) is 0.755. The minimum atomic E-state index is -0.0277. The lowest BCUT2D eigenvalue weighted by Gasteiger charge is -2.20. The van der Waals surface area contributed by atoms with Crippen LogP contribution in [-0.4, -0.2) is 39.3 Å². The van der Waals surface area contributed by atoms with E-state index in [0.717, 1.165) is 18.5 Å². The number of hydrogen-bond acceptors (Lipinski definition) is 4. The molecule has 2 aromatic carbocycles. The second-order valence-electron chi connectivity index (χ2n) is 6.24. The van der Waals surface area contributed by atoms with Gasteiger partial charge in [0.15, 0.2) is 11.5 Å². The van der Waals surface area contributed by atoms with Gasteiger partial charge in [0.1, 0.15) is 13.2 Å². The van der Waals surface area contributed by atoms with Crippen LogP contribution in [0.5, 0.6) is 11.5 Å². The second-order valence-corrected chi connectivity index (χ2v) is 6.65. The molecule has 0 saturated heterocycles. The van der Waals surface area contributed by atoms with Crippen molar-refractivity contribution in [3.8, 4) is 11.5 Å². The van der Waals surface area contributed by atoms with Crippen LogP contribution in [0.25, 0.3) is 0 Å². The SMILES string of the molecule is CN(CCCNC(=O)Cc1cc(Cl)c2c(c1)OCCO2)c1ccccc1. The first-order chi connectivity index (χ1) is 12.6. The number of nitrogens with one attached hydrogen (secondary N) is 1. The summed E-state index contributed by atoms with van der Waals surface area (Å²) >= 11 is 6.21. The van der Waals surface area contributed by atoms with Crippen LogP contribution in [-0.2, 0) is 11.2 Å². The number of fused-ring (bicyclic) bond motifs is 1. The summed E-state index contributed by atoms with van der Waals surface area (Å²) in [5, 5.41) is 3.44. The van der Waals surface area contributed by atoms with E-state index in [-0.39, 0.29) is 12.3 Å². The van der Waals surface area contributed by atoms with Gasteiger partial charge >= 0.3 is 0 Å². The predicted molar refractivity (Wildman–Crippen MR) is 103 cm³/mol. The molecule has 0 bridgehead atoms. The Morgan fingerprint density at radius 3 is 2.77 bits per heavy atom. The highest BCUT2D eigenvalue weighted by Crippen LogP contribution is 2.38. The van der Waals surface area contributed by atoms with Gasteiger partial charge < -0.3 is 19.7 Å². The molecule has 1 heterocycles. The van der Waals surface area contributed by atoms with Crippen molar-refractivity contribution in [2.24, 2.45) is 0 Å². The fourth-order valence-corrected chi connectivity index (χ4v) is 3.16. The molecule has 26 heavy (non-hydrogen) atoms. The fourth-order valence-electron chi connectivity index (χ4n) is 2.87. The molecule has 2 aromatic rings. The molecule has 0 spiro atoms. The van der Waals surface area contributed by atoms with Gasteiger partial charge in [-0.3, -0.25) is 4.79 Å². The van der Waals surface area contributed by atoms with Gasteiger partial charge in [-0.05, 0) is 36.2 Å². The van der Waals surface area contributed by atoms with Crippen molar-refractivity contribution in [2.75, 3.05) is 38.3 Å². The fraction of sp³-hybridized carbons (Fsp3) is 0.350. The Balaban J connectivity index is 1.44. The van der Waals surface area contributed by atoms with E-state index in [0.29, 0.717) is 36.3 Å². The van der Waals surface area contributed by atoms with E-state index < -0.39 is 0 Å². The molecule has 0 radical (unpaired) electrons. The van der Waals surface area contributed by atoms with Crippen molar-refractivity contribution < 1.29 is 14.3 Å². The van der Waals surface area contributed by atoms with Gasteiger partial charge in [-0.2, -0.15) is 0 Å². The highest BCUT2D eigenvalue weighted by Gasteiger charge is 2.17. The third kappa shape index (κ3) is 4.82. The third-order valence-electron chi connectivity index (χ3n) is 4.21. The normalized spacial score (nSPS) is 12.5. The highest BCUT2D eigenvalue weighted by molar-refractivity contribution is 6.32. The lowest BCUT2D eigenvalue weighted by atomic mass is 10.1. The number of carbonyl (C=O) groups excluding carboxylic acids is 1. The summed E-state index contributed by atoms with van der Waals surface area (Å²) < 4.78 is 11.0. The zero-order valence-corrected chi connectivity index (χ0v) is 15.6. The Bertz CT molecular complexity index is 752. The van der Waals surface area contributed by atoms with E-state index in [1.54, 1.807) is 6.07 Å². The summed E-state index contributed by atoms with van der Waals surface area (Å²) in [6.45, 7) is 2.49. The summed E-state index contributed by atoms with van der Waals surface area (Å²) in [6.07, 6.45) is 1.14. The van der Waals surface area contributed by atoms with Crippen molar-refractivity contribution in [3.05, 3.63) is 53.1 Å². The minimum absolute atomic E-state index is 0.0277. The Hall–Kier alpha value is -2.40. The largest absolute Gasteiger partial charge is 0.486 e. The maximum absolute atomic E-state index is 12.2. The molecule has 3 rings (SSSR count). The molecule has 138 valence electrons. The molecule has 0 unspecified atom stereocenters. The standard InChI is InChI=1S/C20H23ClN2O3/c1-23(16-6-3-2-4-7-16)9-5-8-22-19(24)14-15-12-17(21)20-18(13-15)25-10-11-26-20/h2-4,6-7,12-13H,5,8-11,14H2,1H3,(H,22,24). The number of nitrogens with zero attached hydrogens (tertiary/aromatic N) is 1. The van der Waals surface area contributed by atoms with Gasteiger partial charge in [0.2, 0.25) is 5.91 Å². The molecular weight excluding hydrogens is 352 g/mol. The summed E-state index contributed by atoms with van der Waals surface area (Å²) in [6, 6.07) is 13.8. The third-order valence-corrected chi connectivity index (χ3v) is 4.49. The number of rotatable bonds is 7. The number of carbonyl (C=O) groups is 1. The average molecular weight is 375 g/mol. The summed E-state index contributed by atoms with van der Waals surface area (Å²) in [7, 11) is 2.05. The van der Waals surface area contributed by atoms with Crippen LogP contribution >= 0.6 is 11.6 Å². The zero-order valence-electron chi connectivity index (χ0n) is 14.8. The number of amides is 1. The van der Waals surface area contributed by atoms with Crippen LogP contribution in [0.4, 0.5) is 5.69 Å². The maximum Gasteiger partial charge on any atom is 0.224 e. The summed E-state index contributed by atoms with van der Waals surface area (Å²) in [4.78, 5) is 14.3. The smallest absolute Gasteiger partial charge is 0.224 e. The van der Waals surface area contributed by atoms with Crippen LogP contribution in [0.2, 0.25) is 5.02 Å². The molecule has 1 N–H and O–H groups in total. The molecule has 5 nitrogen and oxygen atoms in total. The van der Waals surface area contributed by atoms with E-state index in [1.807, 2.05) is 31.3 Å². The highest BCUT2D eigenvalue weighted by atomic mass is 35.5. The van der Waals surface area contributed by atoms with Crippen LogP contribution in [0, 0.1) is 0 Å². The van der Waals surface area contributed by atoms with Crippen molar-refractivity contribution in [1.29, 1.82) is 0 Å². The molecule has 0 fully saturated rings. The first kappa shape index (κ1) is 18.4. The lowest BCUT2D eigenvalue weighted by Crippen LogP contribution is -2.29. The van der Waals surface area contributed by atoms with Gasteiger partial charge in [-0.15, -0.1) is 0 Å². The van der Waals surface area contributed by atoms with Gasteiger partial charge in [0.05, 0.1) is 11.4 Å². The molecule has 6 heteroatoms. The number of hydrogen-bond donors (Lipinski definition) is 1. The maximum atomic E-state index is 12.2. The molecule has 0 saturated carbocycles. The summed E-state index contributed by atoms with van der Waals surface area (Å²) in [5.41, 5.74) is 1.99. The molecule has 1 aliphatic heterocycles. The van der Waals surface area contributed by atoms with Crippen molar-refractivity contribution >= 4 is 23.2 Å². The lowest BCUT2D eigenvalue weighted by molar-refractivity contribution is -0.120. The first-order valence-electron chi connectivity index (χ1n) is 8.74. The molecular formula is C20H23ClN2O3. The molecule has 0 aliphatic carbocycles. The van der Waals surface area contributed by atoms with Crippen LogP contribution in [0.3, 0.4) is 0 Å². The first-order valence-corrected chi connectivity index (χ1v) is 9.12. The van der Waals surface area contributed by atoms with Crippen molar-refractivity contribution in [3.63, 3.8) is 0 Å². The molecule has 0 aromatic heterocycles. The van der Waals surface area contributed by atoms with E-state index in [4.69, 9.17) is 21.1 Å². The Kier molecular flexibility index (Phi) is 6.23. The van der Waals surface area contributed by atoms with Gasteiger partial charge in [0, 0.05) is 25.8 Å². The monoisotopic (exact) mass is 374 g/mol. The van der Waals surface area contributed by atoms with Crippen molar-refractivity contribution in [2.45, 2.75) is 12.8 Å². The number of para-hydroxylation sites is 1. The predicted octanol–water partition coefficient (Wildman–Crippen LogP) is 3.30. The van der Waals surface area contributed by atoms with Gasteiger partial charge in [-0.1, -0.05) is 29.8 Å². The summed E-state index contributed by atoms with van der Waals surface area (Å²) in [5.74, 6) is 1.14. The zero-order chi connectivity index (χ0) is 18.4. The molecule has 1 amide bonds.